The second-order valence-electron chi connectivity index (χ2n) is 4.59. The minimum atomic E-state index is -3.78. The number of carboxylic acids is 1. The topological polar surface area (TPSA) is 95.0 Å². The van der Waals surface area contributed by atoms with Crippen molar-refractivity contribution in [2.75, 3.05) is 20.6 Å². The Kier molecular flexibility index (Phi) is 5.45. The lowest BCUT2D eigenvalue weighted by Gasteiger charge is -2.24. The van der Waals surface area contributed by atoms with E-state index in [0.29, 0.717) is 0 Å². The summed E-state index contributed by atoms with van der Waals surface area (Å²) in [6.45, 7) is 0.928. The van der Waals surface area contributed by atoms with Crippen LogP contribution in [0.3, 0.4) is 0 Å². The number of hydrogen-bond donors (Lipinski definition) is 1. The number of hydrogen-bond acceptors (Lipinski definition) is 4. The molecule has 1 aromatic carbocycles. The molecule has 21 heavy (non-hydrogen) atoms. The van der Waals surface area contributed by atoms with Crippen LogP contribution in [0.25, 0.3) is 0 Å². The lowest BCUT2D eigenvalue weighted by atomic mass is 10.3. The number of rotatable bonds is 6. The number of amides is 1. The maximum Gasteiger partial charge on any atom is 0.326 e. The van der Waals surface area contributed by atoms with Gasteiger partial charge in [0.25, 0.3) is 0 Å². The third-order valence-corrected chi connectivity index (χ3v) is 4.96. The highest BCUT2D eigenvalue weighted by Gasteiger charge is 2.27. The normalized spacial score (nSPS) is 13.0. The van der Waals surface area contributed by atoms with Crippen LogP contribution in [0.1, 0.15) is 6.92 Å². The molecule has 0 heterocycles. The monoisotopic (exact) mass is 314 g/mol. The third kappa shape index (κ3) is 4.02. The summed E-state index contributed by atoms with van der Waals surface area (Å²) in [5.74, 6) is -1.74. The number of carboxylic acid groups (broad SMARTS) is 1. The minimum Gasteiger partial charge on any atom is -0.480 e. The van der Waals surface area contributed by atoms with Crippen molar-refractivity contribution in [2.24, 2.45) is 0 Å². The molecule has 8 heteroatoms. The smallest absolute Gasteiger partial charge is 0.326 e. The van der Waals surface area contributed by atoms with E-state index in [-0.39, 0.29) is 4.90 Å². The Morgan fingerprint density at radius 3 is 2.19 bits per heavy atom. The SMILES string of the molecule is CC(C(=O)O)N(C)C(=O)CN(C)S(=O)(=O)c1ccccc1. The molecule has 0 aliphatic carbocycles. The summed E-state index contributed by atoms with van der Waals surface area (Å²) in [5.41, 5.74) is 0. The lowest BCUT2D eigenvalue weighted by molar-refractivity contribution is -0.148. The van der Waals surface area contributed by atoms with Crippen molar-refractivity contribution in [3.05, 3.63) is 30.3 Å². The standard InChI is InChI=1S/C13H18N2O5S/c1-10(13(17)18)15(3)12(16)9-14(2)21(19,20)11-7-5-4-6-8-11/h4-8,10H,9H2,1-3H3,(H,17,18). The molecule has 0 aromatic heterocycles. The number of sulfonamides is 1. The minimum absolute atomic E-state index is 0.0780. The molecule has 0 saturated heterocycles. The van der Waals surface area contributed by atoms with Gasteiger partial charge in [0, 0.05) is 14.1 Å². The Morgan fingerprint density at radius 1 is 1.19 bits per heavy atom. The fourth-order valence-electron chi connectivity index (χ4n) is 1.54. The summed E-state index contributed by atoms with van der Waals surface area (Å²) in [4.78, 5) is 23.8. The van der Waals surface area contributed by atoms with Gasteiger partial charge in [-0.1, -0.05) is 18.2 Å². The van der Waals surface area contributed by atoms with Crippen LogP contribution < -0.4 is 0 Å². The zero-order valence-corrected chi connectivity index (χ0v) is 12.9. The molecule has 0 fully saturated rings. The van der Waals surface area contributed by atoms with E-state index in [2.05, 4.69) is 0 Å². The number of nitrogens with zero attached hydrogens (tertiary/aromatic N) is 2. The fraction of sp³-hybridized carbons (Fsp3) is 0.385. The van der Waals surface area contributed by atoms with Crippen molar-refractivity contribution in [3.63, 3.8) is 0 Å². The molecular formula is C13H18N2O5S. The van der Waals surface area contributed by atoms with Crippen LogP contribution in [0.5, 0.6) is 0 Å². The predicted octanol–water partition coefficient (Wildman–Crippen LogP) is 0.239. The molecule has 0 spiro atoms. The van der Waals surface area contributed by atoms with Crippen molar-refractivity contribution < 1.29 is 23.1 Å². The molecule has 1 amide bonds. The van der Waals surface area contributed by atoms with Crippen molar-refractivity contribution in [2.45, 2.75) is 17.9 Å². The first-order valence-corrected chi connectivity index (χ1v) is 7.61. The molecule has 0 bridgehead atoms. The van der Waals surface area contributed by atoms with Gasteiger partial charge in [0.05, 0.1) is 11.4 Å². The summed E-state index contributed by atoms with van der Waals surface area (Å²) >= 11 is 0. The van der Waals surface area contributed by atoms with Gasteiger partial charge in [-0.25, -0.2) is 13.2 Å². The number of carbonyl (C=O) groups excluding carboxylic acids is 1. The summed E-state index contributed by atoms with van der Waals surface area (Å²) in [6, 6.07) is 6.69. The predicted molar refractivity (Wildman–Crippen MR) is 76.1 cm³/mol. The zero-order valence-electron chi connectivity index (χ0n) is 12.1. The quantitative estimate of drug-likeness (QED) is 0.811. The highest BCUT2D eigenvalue weighted by atomic mass is 32.2. The summed E-state index contributed by atoms with van der Waals surface area (Å²) < 4.78 is 25.4. The average Bonchev–Trinajstić information content (AvgIpc) is 2.46. The van der Waals surface area contributed by atoms with Crippen LogP contribution in [0, 0.1) is 0 Å². The van der Waals surface area contributed by atoms with Gasteiger partial charge in [0.2, 0.25) is 15.9 Å². The Balaban J connectivity index is 2.84. The highest BCUT2D eigenvalue weighted by molar-refractivity contribution is 7.89. The van der Waals surface area contributed by atoms with Gasteiger partial charge in [0.1, 0.15) is 6.04 Å². The van der Waals surface area contributed by atoms with Gasteiger partial charge >= 0.3 is 5.97 Å². The Morgan fingerprint density at radius 2 is 1.71 bits per heavy atom. The summed E-state index contributed by atoms with van der Waals surface area (Å²) in [7, 11) is -1.17. The first-order valence-electron chi connectivity index (χ1n) is 6.17. The molecule has 0 radical (unpaired) electrons. The molecule has 7 nitrogen and oxygen atoms in total. The zero-order chi connectivity index (χ0) is 16.2. The van der Waals surface area contributed by atoms with Crippen LogP contribution in [-0.2, 0) is 19.6 Å². The molecule has 1 rings (SSSR count). The lowest BCUT2D eigenvalue weighted by Crippen LogP contribution is -2.45. The molecule has 1 unspecified atom stereocenters. The molecule has 116 valence electrons. The van der Waals surface area contributed by atoms with Gasteiger partial charge in [-0.3, -0.25) is 4.79 Å². The molecule has 1 N–H and O–H groups in total. The summed E-state index contributed by atoms with van der Waals surface area (Å²) in [5, 5.41) is 8.85. The van der Waals surface area contributed by atoms with E-state index in [1.54, 1.807) is 18.2 Å². The van der Waals surface area contributed by atoms with Gasteiger partial charge in [0.15, 0.2) is 0 Å². The Labute approximate surface area is 123 Å². The fourth-order valence-corrected chi connectivity index (χ4v) is 2.68. The summed E-state index contributed by atoms with van der Waals surface area (Å²) in [6.07, 6.45) is 0. The Bertz CT molecular complexity index is 615. The molecule has 0 saturated carbocycles. The highest BCUT2D eigenvalue weighted by Crippen LogP contribution is 2.13. The van der Waals surface area contributed by atoms with Crippen molar-refractivity contribution in [3.8, 4) is 0 Å². The number of benzene rings is 1. The number of carbonyl (C=O) groups is 2. The van der Waals surface area contributed by atoms with Gasteiger partial charge in [-0.15, -0.1) is 0 Å². The molecule has 0 aliphatic heterocycles. The molecular weight excluding hydrogens is 296 g/mol. The molecule has 0 aliphatic rings. The van der Waals surface area contributed by atoms with Gasteiger partial charge < -0.3 is 10.0 Å². The average molecular weight is 314 g/mol. The van der Waals surface area contributed by atoms with Gasteiger partial charge in [-0.05, 0) is 19.1 Å². The van der Waals surface area contributed by atoms with E-state index in [9.17, 15) is 18.0 Å². The Hall–Kier alpha value is -1.93. The number of likely N-dealkylation sites (N-methyl/N-ethyl adjacent to an activating group) is 2. The van der Waals surface area contributed by atoms with Crippen molar-refractivity contribution >= 4 is 21.9 Å². The molecule has 1 atom stereocenters. The van der Waals surface area contributed by atoms with E-state index in [0.717, 1.165) is 9.21 Å². The first kappa shape index (κ1) is 17.1. The van der Waals surface area contributed by atoms with Crippen LogP contribution in [0.4, 0.5) is 0 Å². The second kappa shape index (κ2) is 6.68. The molecule has 1 aromatic rings. The van der Waals surface area contributed by atoms with Crippen molar-refractivity contribution in [1.29, 1.82) is 0 Å². The third-order valence-electron chi connectivity index (χ3n) is 3.14. The first-order chi connectivity index (χ1) is 9.67. The van der Waals surface area contributed by atoms with E-state index in [1.165, 1.54) is 33.2 Å². The van der Waals surface area contributed by atoms with E-state index in [4.69, 9.17) is 5.11 Å². The van der Waals surface area contributed by atoms with Crippen LogP contribution >= 0.6 is 0 Å². The van der Waals surface area contributed by atoms with Crippen LogP contribution in [-0.4, -0.2) is 61.3 Å². The van der Waals surface area contributed by atoms with Crippen LogP contribution in [0.2, 0.25) is 0 Å². The van der Waals surface area contributed by atoms with Crippen molar-refractivity contribution in [1.82, 2.24) is 9.21 Å². The largest absolute Gasteiger partial charge is 0.480 e. The number of aliphatic carboxylic acids is 1. The van der Waals surface area contributed by atoms with Gasteiger partial charge in [-0.2, -0.15) is 4.31 Å². The maximum absolute atomic E-state index is 12.2. The van der Waals surface area contributed by atoms with E-state index >= 15 is 0 Å². The maximum atomic E-state index is 12.2. The van der Waals surface area contributed by atoms with Crippen LogP contribution in [0.15, 0.2) is 35.2 Å². The second-order valence-corrected chi connectivity index (χ2v) is 6.64. The van der Waals surface area contributed by atoms with E-state index in [1.807, 2.05) is 0 Å². The van der Waals surface area contributed by atoms with E-state index < -0.39 is 34.5 Å².